The van der Waals surface area contributed by atoms with Crippen molar-refractivity contribution in [3.05, 3.63) is 34.3 Å². The number of benzene rings is 1. The Morgan fingerprint density at radius 3 is 2.38 bits per heavy atom. The summed E-state index contributed by atoms with van der Waals surface area (Å²) >= 11 is 9.04. The molecular formula is C12H15BrClNO. The van der Waals surface area contributed by atoms with Gasteiger partial charge in [0, 0.05) is 28.5 Å². The Kier molecular flexibility index (Phi) is 5.29. The molecule has 0 unspecified atom stereocenters. The maximum atomic E-state index is 12.1. The van der Waals surface area contributed by atoms with E-state index < -0.39 is 0 Å². The highest BCUT2D eigenvalue weighted by Gasteiger charge is 2.17. The van der Waals surface area contributed by atoms with E-state index >= 15 is 0 Å². The lowest BCUT2D eigenvalue weighted by Crippen LogP contribution is -2.38. The lowest BCUT2D eigenvalue weighted by molar-refractivity contribution is 0.0718. The summed E-state index contributed by atoms with van der Waals surface area (Å²) in [5, 5.41) is 0. The van der Waals surface area contributed by atoms with Gasteiger partial charge in [0.05, 0.1) is 0 Å². The summed E-state index contributed by atoms with van der Waals surface area (Å²) in [7, 11) is 0. The fourth-order valence-corrected chi connectivity index (χ4v) is 1.89. The van der Waals surface area contributed by atoms with Crippen molar-refractivity contribution >= 4 is 33.4 Å². The Labute approximate surface area is 110 Å². The number of amides is 1. The van der Waals surface area contributed by atoms with Gasteiger partial charge in [0.1, 0.15) is 0 Å². The van der Waals surface area contributed by atoms with Gasteiger partial charge >= 0.3 is 0 Å². The predicted molar refractivity (Wildman–Crippen MR) is 71.0 cm³/mol. The van der Waals surface area contributed by atoms with Crippen molar-refractivity contribution in [2.45, 2.75) is 19.9 Å². The van der Waals surface area contributed by atoms with E-state index in [1.807, 2.05) is 38.1 Å². The molecule has 0 bridgehead atoms. The van der Waals surface area contributed by atoms with E-state index in [0.29, 0.717) is 18.0 Å². The second kappa shape index (κ2) is 6.26. The summed E-state index contributed by atoms with van der Waals surface area (Å²) in [5.74, 6) is 0.489. The normalized spacial score (nSPS) is 10.6. The summed E-state index contributed by atoms with van der Waals surface area (Å²) < 4.78 is 0.970. The van der Waals surface area contributed by atoms with Gasteiger partial charge in [-0.15, -0.1) is 11.6 Å². The van der Waals surface area contributed by atoms with Crippen LogP contribution >= 0.6 is 27.5 Å². The van der Waals surface area contributed by atoms with Crippen LogP contribution in [0, 0.1) is 0 Å². The van der Waals surface area contributed by atoms with Gasteiger partial charge in [-0.05, 0) is 38.1 Å². The van der Waals surface area contributed by atoms with Gasteiger partial charge in [-0.3, -0.25) is 4.79 Å². The number of alkyl halides is 1. The SMILES string of the molecule is CC(C)N(CCCl)C(=O)c1ccc(Br)cc1. The van der Waals surface area contributed by atoms with Crippen LogP contribution in [0.2, 0.25) is 0 Å². The van der Waals surface area contributed by atoms with Crippen LogP contribution in [-0.4, -0.2) is 29.3 Å². The third-order valence-corrected chi connectivity index (χ3v) is 3.00. The van der Waals surface area contributed by atoms with Crippen molar-refractivity contribution < 1.29 is 4.79 Å². The van der Waals surface area contributed by atoms with Crippen molar-refractivity contribution in [3.8, 4) is 0 Å². The Balaban J connectivity index is 2.86. The summed E-state index contributed by atoms with van der Waals surface area (Å²) in [5.41, 5.74) is 0.696. The first kappa shape index (κ1) is 13.5. The molecule has 0 heterocycles. The molecule has 1 rings (SSSR count). The highest BCUT2D eigenvalue weighted by molar-refractivity contribution is 9.10. The second-order valence-electron chi connectivity index (χ2n) is 3.79. The van der Waals surface area contributed by atoms with Crippen LogP contribution in [0.3, 0.4) is 0 Å². The molecule has 0 fully saturated rings. The monoisotopic (exact) mass is 303 g/mol. The molecule has 88 valence electrons. The van der Waals surface area contributed by atoms with Crippen LogP contribution in [0.4, 0.5) is 0 Å². The lowest BCUT2D eigenvalue weighted by atomic mass is 10.2. The number of carbonyl (C=O) groups excluding carboxylic acids is 1. The number of halogens is 2. The molecule has 1 amide bonds. The molecule has 0 N–H and O–H groups in total. The minimum absolute atomic E-state index is 0.0307. The van der Waals surface area contributed by atoms with Crippen molar-refractivity contribution in [1.29, 1.82) is 0 Å². The van der Waals surface area contributed by atoms with Crippen molar-refractivity contribution in [1.82, 2.24) is 4.90 Å². The van der Waals surface area contributed by atoms with Gasteiger partial charge in [0.25, 0.3) is 5.91 Å². The number of carbonyl (C=O) groups is 1. The molecule has 0 aliphatic rings. The maximum Gasteiger partial charge on any atom is 0.254 e. The highest BCUT2D eigenvalue weighted by Crippen LogP contribution is 2.13. The van der Waals surface area contributed by atoms with Gasteiger partial charge < -0.3 is 4.90 Å². The molecule has 0 aliphatic carbocycles. The van der Waals surface area contributed by atoms with E-state index in [1.165, 1.54) is 0 Å². The third kappa shape index (κ3) is 3.49. The summed E-state index contributed by atoms with van der Waals surface area (Å²) in [6, 6.07) is 7.53. The van der Waals surface area contributed by atoms with Crippen molar-refractivity contribution in [2.24, 2.45) is 0 Å². The molecule has 0 saturated carbocycles. The quantitative estimate of drug-likeness (QED) is 0.779. The largest absolute Gasteiger partial charge is 0.335 e. The summed E-state index contributed by atoms with van der Waals surface area (Å²) in [4.78, 5) is 13.9. The molecular weight excluding hydrogens is 289 g/mol. The average molecular weight is 305 g/mol. The molecule has 0 spiro atoms. The number of hydrogen-bond acceptors (Lipinski definition) is 1. The van der Waals surface area contributed by atoms with Crippen LogP contribution in [-0.2, 0) is 0 Å². The van der Waals surface area contributed by atoms with E-state index in [-0.39, 0.29) is 11.9 Å². The molecule has 0 saturated heterocycles. The fraction of sp³-hybridized carbons (Fsp3) is 0.417. The van der Waals surface area contributed by atoms with Crippen molar-refractivity contribution in [2.75, 3.05) is 12.4 Å². The molecule has 4 heteroatoms. The molecule has 0 atom stereocenters. The zero-order chi connectivity index (χ0) is 12.1. The van der Waals surface area contributed by atoms with Crippen LogP contribution < -0.4 is 0 Å². The van der Waals surface area contributed by atoms with E-state index in [0.717, 1.165) is 4.47 Å². The Bertz CT molecular complexity index is 351. The standard InChI is InChI=1S/C12H15BrClNO/c1-9(2)15(8-7-14)12(16)10-3-5-11(13)6-4-10/h3-6,9H,7-8H2,1-2H3. The lowest BCUT2D eigenvalue weighted by Gasteiger charge is -2.25. The van der Waals surface area contributed by atoms with Crippen LogP contribution in [0.5, 0.6) is 0 Å². The van der Waals surface area contributed by atoms with Crippen LogP contribution in [0.15, 0.2) is 28.7 Å². The zero-order valence-electron chi connectivity index (χ0n) is 9.41. The highest BCUT2D eigenvalue weighted by atomic mass is 79.9. The molecule has 0 aliphatic heterocycles. The van der Waals surface area contributed by atoms with Gasteiger partial charge in [-0.25, -0.2) is 0 Å². The Morgan fingerprint density at radius 2 is 1.94 bits per heavy atom. The van der Waals surface area contributed by atoms with Gasteiger partial charge in [0.2, 0.25) is 0 Å². The molecule has 2 nitrogen and oxygen atoms in total. The van der Waals surface area contributed by atoms with E-state index in [9.17, 15) is 4.79 Å². The smallest absolute Gasteiger partial charge is 0.254 e. The number of hydrogen-bond donors (Lipinski definition) is 0. The minimum atomic E-state index is 0.0307. The van der Waals surface area contributed by atoms with Gasteiger partial charge in [-0.2, -0.15) is 0 Å². The Morgan fingerprint density at radius 1 is 1.38 bits per heavy atom. The van der Waals surface area contributed by atoms with Crippen LogP contribution in [0.25, 0.3) is 0 Å². The van der Waals surface area contributed by atoms with E-state index in [4.69, 9.17) is 11.6 Å². The molecule has 16 heavy (non-hydrogen) atoms. The Hall–Kier alpha value is -0.540. The first-order valence-electron chi connectivity index (χ1n) is 5.18. The van der Waals surface area contributed by atoms with Gasteiger partial charge in [-0.1, -0.05) is 15.9 Å². The van der Waals surface area contributed by atoms with E-state index in [2.05, 4.69) is 15.9 Å². The number of nitrogens with zero attached hydrogens (tertiary/aromatic N) is 1. The number of rotatable bonds is 4. The van der Waals surface area contributed by atoms with Crippen LogP contribution in [0.1, 0.15) is 24.2 Å². The molecule has 1 aromatic rings. The predicted octanol–water partition coefficient (Wildman–Crippen LogP) is 3.54. The first-order chi connectivity index (χ1) is 7.56. The second-order valence-corrected chi connectivity index (χ2v) is 5.08. The molecule has 0 aromatic heterocycles. The fourth-order valence-electron chi connectivity index (χ4n) is 1.44. The minimum Gasteiger partial charge on any atom is -0.335 e. The summed E-state index contributed by atoms with van der Waals surface area (Å²) in [6.45, 7) is 4.56. The van der Waals surface area contributed by atoms with Gasteiger partial charge in [0.15, 0.2) is 0 Å². The molecule has 0 radical (unpaired) electrons. The van der Waals surface area contributed by atoms with Crippen molar-refractivity contribution in [3.63, 3.8) is 0 Å². The van der Waals surface area contributed by atoms with E-state index in [1.54, 1.807) is 4.90 Å². The third-order valence-electron chi connectivity index (χ3n) is 2.30. The zero-order valence-corrected chi connectivity index (χ0v) is 11.8. The average Bonchev–Trinajstić information content (AvgIpc) is 2.25. The summed E-state index contributed by atoms with van der Waals surface area (Å²) in [6.07, 6.45) is 0. The topological polar surface area (TPSA) is 20.3 Å². The molecule has 1 aromatic carbocycles. The maximum absolute atomic E-state index is 12.1. The first-order valence-corrected chi connectivity index (χ1v) is 6.51.